The van der Waals surface area contributed by atoms with E-state index in [2.05, 4.69) is 62.0 Å². The van der Waals surface area contributed by atoms with E-state index in [4.69, 9.17) is 18.6 Å². The van der Waals surface area contributed by atoms with E-state index in [1.807, 2.05) is 0 Å². The maximum Gasteiger partial charge on any atom is 0.407 e. The third-order valence-electron chi connectivity index (χ3n) is 18.0. The van der Waals surface area contributed by atoms with Crippen molar-refractivity contribution >= 4 is 40.8 Å². The highest BCUT2D eigenvalue weighted by molar-refractivity contribution is 6.04. The Hall–Kier alpha value is -6.32. The standard InChI is InChI=1S/C60H76F2N4O10/c1-33(2)10-9-11-34(3)43-16-17-44-40-15-13-37-27-38(20-22-59(37,5)45(40)21-23-60(43,44)6)75-58(72)64-25-24-63-53(68)32-65-57(71)48(18-19-54(69)74-8)66-56(70)36-12-14-39(35(4)26-36)55-41-28-46(61)49(67)30-50(41)76-51-31-52(73-7)47(62)29-42(51)55/h12-14,26,28-31,33-34,38,40,43-45,48H,9-11,15-25,27,32H2,1-8H3,(H,63,68)(H,64,72)(H,65,71)(H,66,70)/t34-,38+,40+,43?,44?,45?,48+,59+,60-/m1/s1. The second-order valence-electron chi connectivity index (χ2n) is 23.0. The molecule has 2 aromatic carbocycles. The number of esters is 1. The van der Waals surface area contributed by atoms with Gasteiger partial charge in [-0.1, -0.05) is 71.6 Å². The zero-order valence-corrected chi connectivity index (χ0v) is 45.4. The Kier molecular flexibility index (Phi) is 17.3. The minimum atomic E-state index is -1.26. The van der Waals surface area contributed by atoms with Crippen molar-refractivity contribution in [3.05, 3.63) is 87.1 Å². The molecule has 0 saturated heterocycles. The molecule has 14 nitrogen and oxygen atoms in total. The van der Waals surface area contributed by atoms with Gasteiger partial charge in [0.1, 0.15) is 23.5 Å². The highest BCUT2D eigenvalue weighted by Crippen LogP contribution is 2.67. The van der Waals surface area contributed by atoms with Crippen LogP contribution in [0.4, 0.5) is 13.6 Å². The van der Waals surface area contributed by atoms with Crippen LogP contribution >= 0.6 is 0 Å². The zero-order valence-electron chi connectivity index (χ0n) is 45.4. The predicted molar refractivity (Wildman–Crippen MR) is 286 cm³/mol. The zero-order chi connectivity index (χ0) is 54.6. The van der Waals surface area contributed by atoms with E-state index in [9.17, 15) is 33.2 Å². The lowest BCUT2D eigenvalue weighted by molar-refractivity contribution is -0.141. The molecular weight excluding hydrogens is 975 g/mol. The molecule has 410 valence electrons. The molecule has 5 aliphatic carbocycles. The van der Waals surface area contributed by atoms with E-state index >= 15 is 4.39 Å². The molecule has 0 aromatic heterocycles. The molecule has 0 spiro atoms. The van der Waals surface area contributed by atoms with Crippen molar-refractivity contribution in [1.29, 1.82) is 0 Å². The Morgan fingerprint density at radius 1 is 0.842 bits per heavy atom. The molecule has 6 aliphatic rings. The topological polar surface area (TPSA) is 191 Å². The number of methoxy groups -OCH3 is 2. The van der Waals surface area contributed by atoms with Gasteiger partial charge in [-0.3, -0.25) is 24.0 Å². The normalized spacial score (nSPS) is 24.6. The average Bonchev–Trinajstić information content (AvgIpc) is 3.86. The van der Waals surface area contributed by atoms with Gasteiger partial charge >= 0.3 is 12.1 Å². The Balaban J connectivity index is 0.813. The third kappa shape index (κ3) is 11.8. The van der Waals surface area contributed by atoms with E-state index in [1.165, 1.54) is 89.0 Å². The average molecular weight is 1050 g/mol. The third-order valence-corrected chi connectivity index (χ3v) is 18.0. The lowest BCUT2D eigenvalue weighted by Crippen LogP contribution is -2.51. The number of halogens is 2. The smallest absolute Gasteiger partial charge is 0.407 e. The predicted octanol–water partition coefficient (Wildman–Crippen LogP) is 10.6. The fourth-order valence-electron chi connectivity index (χ4n) is 14.0. The fourth-order valence-corrected chi connectivity index (χ4v) is 14.0. The summed E-state index contributed by atoms with van der Waals surface area (Å²) < 4.78 is 51.6. The molecule has 1 heterocycles. The number of fused-ring (bicyclic) bond motifs is 7. The number of aryl methyl sites for hydroxylation is 1. The van der Waals surface area contributed by atoms with Gasteiger partial charge in [0.25, 0.3) is 5.91 Å². The summed E-state index contributed by atoms with van der Waals surface area (Å²) in [7, 11) is 2.49. The van der Waals surface area contributed by atoms with Crippen LogP contribution in [0.1, 0.15) is 134 Å². The van der Waals surface area contributed by atoms with Crippen molar-refractivity contribution in [1.82, 2.24) is 21.3 Å². The second kappa shape index (κ2) is 23.5. The van der Waals surface area contributed by atoms with Crippen LogP contribution in [0.5, 0.6) is 5.75 Å². The Morgan fingerprint density at radius 2 is 1.62 bits per heavy atom. The molecule has 4 N–H and O–H groups in total. The first kappa shape index (κ1) is 55.9. The van der Waals surface area contributed by atoms with E-state index < -0.39 is 59.4 Å². The summed E-state index contributed by atoms with van der Waals surface area (Å²) in [6.07, 6.45) is 14.3. The van der Waals surface area contributed by atoms with Crippen molar-refractivity contribution in [3.8, 4) is 28.2 Å². The number of benzene rings is 3. The summed E-state index contributed by atoms with van der Waals surface area (Å²) in [5.41, 5.74) is 2.87. The van der Waals surface area contributed by atoms with Crippen LogP contribution in [0.2, 0.25) is 0 Å². The maximum atomic E-state index is 15.1. The SMILES string of the molecule is COC(=O)CC[C@H](NC(=O)c1ccc(-c2c3cc(F)c(=O)cc-3oc3cc(OC)c(F)cc23)c(C)c1)C(=O)NCC(=O)NCCNC(=O)O[C@H]1CC[C@@]2(C)C(=CC[C@H]3C4CCC([C@H](C)CCCC(C)C)[C@@]4(C)CCC32)C1. The fraction of sp³-hybridized carbons (Fsp3) is 0.567. The number of alkyl carbamates (subject to hydrolysis) is 1. The number of amides is 4. The minimum absolute atomic E-state index is 0.0470. The summed E-state index contributed by atoms with van der Waals surface area (Å²) in [4.78, 5) is 77.5. The van der Waals surface area contributed by atoms with Crippen molar-refractivity contribution in [2.24, 2.45) is 46.3 Å². The number of ether oxygens (including phenoxy) is 3. The molecule has 8 rings (SSSR count). The minimum Gasteiger partial charge on any atom is -0.494 e. The summed E-state index contributed by atoms with van der Waals surface area (Å²) in [5.74, 6) is 0.130. The molecule has 4 amide bonds. The largest absolute Gasteiger partial charge is 0.494 e. The number of hydrogen-bond acceptors (Lipinski definition) is 10. The Bertz CT molecular complexity index is 2900. The van der Waals surface area contributed by atoms with E-state index in [0.29, 0.717) is 28.0 Å². The molecular formula is C60H76F2N4O10. The van der Waals surface area contributed by atoms with Gasteiger partial charge in [0.05, 0.1) is 20.8 Å². The lowest BCUT2D eigenvalue weighted by Gasteiger charge is -2.58. The van der Waals surface area contributed by atoms with Crippen LogP contribution in [0.25, 0.3) is 33.4 Å². The molecule has 1 aliphatic heterocycles. The number of allylic oxidation sites excluding steroid dienone is 1. The van der Waals surface area contributed by atoms with Gasteiger partial charge in [-0.15, -0.1) is 0 Å². The maximum absolute atomic E-state index is 15.1. The first-order chi connectivity index (χ1) is 36.2. The van der Waals surface area contributed by atoms with Crippen molar-refractivity contribution in [2.45, 2.75) is 137 Å². The first-order valence-corrected chi connectivity index (χ1v) is 27.3. The molecule has 76 heavy (non-hydrogen) atoms. The van der Waals surface area contributed by atoms with E-state index in [0.717, 1.165) is 67.4 Å². The van der Waals surface area contributed by atoms with E-state index in [1.54, 1.807) is 13.0 Å². The summed E-state index contributed by atoms with van der Waals surface area (Å²) in [5, 5.41) is 10.8. The van der Waals surface area contributed by atoms with Crippen LogP contribution in [0, 0.1) is 64.9 Å². The number of carbonyl (C=O) groups excluding carboxylic acids is 5. The Labute approximate surface area is 444 Å². The van der Waals surface area contributed by atoms with Crippen LogP contribution < -0.4 is 31.4 Å². The molecule has 9 atom stereocenters. The van der Waals surface area contributed by atoms with Gasteiger partial charge < -0.3 is 39.9 Å². The van der Waals surface area contributed by atoms with Gasteiger partial charge in [-0.25, -0.2) is 13.6 Å². The van der Waals surface area contributed by atoms with Crippen molar-refractivity contribution < 1.29 is 51.4 Å². The molecule has 3 fully saturated rings. The van der Waals surface area contributed by atoms with Gasteiger partial charge in [0.15, 0.2) is 17.4 Å². The van der Waals surface area contributed by atoms with Gasteiger partial charge in [-0.2, -0.15) is 0 Å². The van der Waals surface area contributed by atoms with Gasteiger partial charge in [-0.05, 0) is 140 Å². The van der Waals surface area contributed by atoms with Gasteiger partial charge in [0, 0.05) is 60.1 Å². The monoisotopic (exact) mass is 1050 g/mol. The van der Waals surface area contributed by atoms with Crippen LogP contribution in [-0.2, 0) is 23.9 Å². The number of nitrogens with one attached hydrogen (secondary N) is 4. The summed E-state index contributed by atoms with van der Waals surface area (Å²) >= 11 is 0. The second-order valence-corrected chi connectivity index (χ2v) is 23.0. The quantitative estimate of drug-likeness (QED) is 0.0304. The number of hydrogen-bond donors (Lipinski definition) is 4. The summed E-state index contributed by atoms with van der Waals surface area (Å²) in [6.45, 7) is 13.7. The highest BCUT2D eigenvalue weighted by atomic mass is 19.1. The first-order valence-electron chi connectivity index (χ1n) is 27.3. The van der Waals surface area contributed by atoms with E-state index in [-0.39, 0.29) is 71.1 Å². The van der Waals surface area contributed by atoms with Crippen LogP contribution in [0.15, 0.2) is 63.3 Å². The van der Waals surface area contributed by atoms with Gasteiger partial charge in [0.2, 0.25) is 17.2 Å². The lowest BCUT2D eigenvalue weighted by atomic mass is 9.47. The van der Waals surface area contributed by atoms with Crippen molar-refractivity contribution in [2.75, 3.05) is 33.9 Å². The summed E-state index contributed by atoms with van der Waals surface area (Å²) in [6, 6.07) is 7.83. The molecule has 2 aromatic rings. The molecule has 3 saturated carbocycles. The molecule has 0 radical (unpaired) electrons. The number of rotatable bonds is 19. The molecule has 3 unspecified atom stereocenters. The van der Waals surface area contributed by atoms with Crippen LogP contribution in [0.3, 0.4) is 0 Å². The van der Waals surface area contributed by atoms with Crippen molar-refractivity contribution in [3.63, 3.8) is 0 Å². The molecule has 0 bridgehead atoms. The molecule has 16 heteroatoms. The highest BCUT2D eigenvalue weighted by Gasteiger charge is 2.59. The van der Waals surface area contributed by atoms with Crippen LogP contribution in [-0.4, -0.2) is 75.8 Å². The Morgan fingerprint density at radius 3 is 2.36 bits per heavy atom. The number of carbonyl (C=O) groups is 5.